The summed E-state index contributed by atoms with van der Waals surface area (Å²) in [5.74, 6) is -1.76. The van der Waals surface area contributed by atoms with Gasteiger partial charge in [-0.1, -0.05) is 19.8 Å². The van der Waals surface area contributed by atoms with E-state index in [2.05, 4.69) is 16.6 Å². The van der Waals surface area contributed by atoms with Gasteiger partial charge in [-0.3, -0.25) is 0 Å². The molecule has 3 rings (SSSR count). The summed E-state index contributed by atoms with van der Waals surface area (Å²) in [6, 6.07) is 3.07. The third-order valence-electron chi connectivity index (χ3n) is 6.66. The minimum Gasteiger partial charge on any atom is -0.461 e. The maximum atomic E-state index is 14.1. The predicted molar refractivity (Wildman–Crippen MR) is 139 cm³/mol. The van der Waals surface area contributed by atoms with E-state index in [4.69, 9.17) is 9.47 Å². The molecule has 202 valence electrons. The fraction of sp³-hybridized carbons (Fsp3) is 0.640. The molecular formula is C25H37FN2O6S2. The number of fused-ring (bicyclic) bond motifs is 1. The standard InChI is InChI=1S/C25H37FN2O6S2/c1-5-7-8-19-16-28(15-18-9-11-32-12-10-18)21-13-23(35-4)22(14-24(21)36(30,31)27(19)3)34-17-20(26)25(29)33-6-2/h13-14,17-19H,5-12,15-16H2,1-4H3/b20-17-/t19-/m1/s1. The van der Waals surface area contributed by atoms with Crippen LogP contribution in [0.25, 0.3) is 0 Å². The largest absolute Gasteiger partial charge is 0.461 e. The minimum atomic E-state index is -3.85. The van der Waals surface area contributed by atoms with E-state index in [1.165, 1.54) is 22.1 Å². The number of likely N-dealkylation sites (N-methyl/N-ethyl adjacent to an activating group) is 1. The molecule has 0 unspecified atom stereocenters. The molecule has 2 aliphatic heterocycles. The maximum absolute atomic E-state index is 14.1. The lowest BCUT2D eigenvalue weighted by Gasteiger charge is -2.33. The van der Waals surface area contributed by atoms with Crippen LogP contribution in [0.3, 0.4) is 0 Å². The van der Waals surface area contributed by atoms with Gasteiger partial charge in [0, 0.05) is 45.5 Å². The number of nitrogens with zero attached hydrogens (tertiary/aromatic N) is 2. The second-order valence-corrected chi connectivity index (χ2v) is 11.9. The van der Waals surface area contributed by atoms with Crippen molar-refractivity contribution in [1.82, 2.24) is 4.31 Å². The maximum Gasteiger partial charge on any atom is 0.370 e. The summed E-state index contributed by atoms with van der Waals surface area (Å²) in [6.07, 6.45) is 7.03. The van der Waals surface area contributed by atoms with Crippen molar-refractivity contribution >= 4 is 33.4 Å². The van der Waals surface area contributed by atoms with Crippen molar-refractivity contribution in [3.05, 3.63) is 24.2 Å². The molecule has 0 spiro atoms. The van der Waals surface area contributed by atoms with Crippen molar-refractivity contribution in [1.29, 1.82) is 0 Å². The highest BCUT2D eigenvalue weighted by Gasteiger charge is 2.37. The van der Waals surface area contributed by atoms with Crippen LogP contribution in [0.5, 0.6) is 5.75 Å². The zero-order valence-electron chi connectivity index (χ0n) is 21.5. The Kier molecular flexibility index (Phi) is 10.5. The number of ether oxygens (including phenoxy) is 3. The van der Waals surface area contributed by atoms with Gasteiger partial charge in [0.25, 0.3) is 0 Å². The van der Waals surface area contributed by atoms with E-state index in [0.29, 0.717) is 42.5 Å². The van der Waals surface area contributed by atoms with Gasteiger partial charge in [-0.2, -0.15) is 8.70 Å². The lowest BCUT2D eigenvalue weighted by molar-refractivity contribution is -0.140. The molecule has 0 saturated carbocycles. The smallest absolute Gasteiger partial charge is 0.370 e. The Balaban J connectivity index is 2.05. The van der Waals surface area contributed by atoms with Gasteiger partial charge in [0.15, 0.2) is 0 Å². The number of sulfonamides is 1. The van der Waals surface area contributed by atoms with E-state index in [1.54, 1.807) is 20.0 Å². The molecule has 2 aliphatic rings. The van der Waals surface area contributed by atoms with Crippen molar-refractivity contribution in [2.24, 2.45) is 5.92 Å². The van der Waals surface area contributed by atoms with Crippen LogP contribution in [-0.4, -0.2) is 70.9 Å². The van der Waals surface area contributed by atoms with E-state index < -0.39 is 21.8 Å². The molecule has 1 aromatic carbocycles. The second-order valence-electron chi connectivity index (χ2n) is 9.05. The number of esters is 1. The van der Waals surface area contributed by atoms with Crippen molar-refractivity contribution in [3.63, 3.8) is 0 Å². The van der Waals surface area contributed by atoms with Crippen LogP contribution >= 0.6 is 11.8 Å². The number of rotatable bonds is 10. The van der Waals surface area contributed by atoms with Crippen molar-refractivity contribution in [2.75, 3.05) is 51.1 Å². The number of anilines is 1. The number of hydrogen-bond donors (Lipinski definition) is 0. The molecule has 36 heavy (non-hydrogen) atoms. The Morgan fingerprint density at radius 1 is 1.28 bits per heavy atom. The van der Waals surface area contributed by atoms with E-state index in [1.807, 2.05) is 6.26 Å². The van der Waals surface area contributed by atoms with E-state index in [9.17, 15) is 17.6 Å². The van der Waals surface area contributed by atoms with Gasteiger partial charge in [0.2, 0.25) is 15.9 Å². The van der Waals surface area contributed by atoms with Crippen LogP contribution in [0, 0.1) is 5.92 Å². The molecule has 8 nitrogen and oxygen atoms in total. The third-order valence-corrected chi connectivity index (χ3v) is 9.36. The van der Waals surface area contributed by atoms with Crippen LogP contribution in [0.15, 0.2) is 34.0 Å². The van der Waals surface area contributed by atoms with Gasteiger partial charge in [0.1, 0.15) is 16.9 Å². The minimum absolute atomic E-state index is 0.0295. The lowest BCUT2D eigenvalue weighted by atomic mass is 9.98. The highest BCUT2D eigenvalue weighted by Crippen LogP contribution is 2.41. The zero-order chi connectivity index (χ0) is 26.3. The molecule has 1 atom stereocenters. The third kappa shape index (κ3) is 6.73. The second kappa shape index (κ2) is 13.1. The van der Waals surface area contributed by atoms with E-state index in [0.717, 1.165) is 38.6 Å². The molecule has 2 heterocycles. The molecule has 11 heteroatoms. The van der Waals surface area contributed by atoms with E-state index in [-0.39, 0.29) is 23.3 Å². The van der Waals surface area contributed by atoms with Crippen molar-refractivity contribution in [3.8, 4) is 5.75 Å². The summed E-state index contributed by atoms with van der Waals surface area (Å²) in [7, 11) is -2.22. The van der Waals surface area contributed by atoms with Gasteiger partial charge >= 0.3 is 5.97 Å². The quantitative estimate of drug-likeness (QED) is 0.183. The lowest BCUT2D eigenvalue weighted by Crippen LogP contribution is -2.43. The highest BCUT2D eigenvalue weighted by molar-refractivity contribution is 7.98. The summed E-state index contributed by atoms with van der Waals surface area (Å²) in [5.41, 5.74) is 0.624. The zero-order valence-corrected chi connectivity index (χ0v) is 23.1. The molecule has 0 N–H and O–H groups in total. The first kappa shape index (κ1) is 28.7. The molecule has 0 aliphatic carbocycles. The highest BCUT2D eigenvalue weighted by atomic mass is 32.2. The SMILES string of the molecule is CCCC[C@@H]1CN(CC2CCOCC2)c2cc(SC)c(O/C=C(\F)C(=O)OCC)cc2S(=O)(=O)N1C. The molecule has 1 aromatic rings. The molecule has 0 amide bonds. The first-order valence-electron chi connectivity index (χ1n) is 12.4. The summed E-state index contributed by atoms with van der Waals surface area (Å²) in [6.45, 7) is 6.44. The number of unbranched alkanes of at least 4 members (excludes halogenated alkanes) is 1. The predicted octanol–water partition coefficient (Wildman–Crippen LogP) is 4.59. The number of hydrogen-bond acceptors (Lipinski definition) is 8. The molecule has 0 bridgehead atoms. The summed E-state index contributed by atoms with van der Waals surface area (Å²) < 4.78 is 58.8. The Hall–Kier alpha value is -1.82. The Labute approximate surface area is 218 Å². The van der Waals surface area contributed by atoms with E-state index >= 15 is 0 Å². The van der Waals surface area contributed by atoms with Crippen LogP contribution in [0.2, 0.25) is 0 Å². The number of carbonyl (C=O) groups excluding carboxylic acids is 1. The van der Waals surface area contributed by atoms with Crippen LogP contribution < -0.4 is 9.64 Å². The summed E-state index contributed by atoms with van der Waals surface area (Å²) >= 11 is 1.36. The normalized spacial score (nSPS) is 21.1. The fourth-order valence-electron chi connectivity index (χ4n) is 4.54. The van der Waals surface area contributed by atoms with Crippen molar-refractivity contribution < 1.29 is 31.8 Å². The fourth-order valence-corrected chi connectivity index (χ4v) is 6.67. The average Bonchev–Trinajstić information content (AvgIpc) is 2.95. The van der Waals surface area contributed by atoms with Gasteiger partial charge < -0.3 is 19.1 Å². The molecular weight excluding hydrogens is 507 g/mol. The number of halogens is 1. The monoisotopic (exact) mass is 544 g/mol. The number of thioether (sulfide) groups is 1. The summed E-state index contributed by atoms with van der Waals surface area (Å²) in [4.78, 5) is 14.6. The Bertz CT molecular complexity index is 1040. The van der Waals surface area contributed by atoms with Crippen LogP contribution in [0.4, 0.5) is 10.1 Å². The average molecular weight is 545 g/mol. The molecule has 1 saturated heterocycles. The molecule has 1 fully saturated rings. The van der Waals surface area contributed by atoms with Gasteiger partial charge in [0.05, 0.1) is 17.2 Å². The number of carbonyl (C=O) groups is 1. The Morgan fingerprint density at radius 2 is 2.00 bits per heavy atom. The van der Waals surface area contributed by atoms with Crippen molar-refractivity contribution in [2.45, 2.75) is 61.8 Å². The van der Waals surface area contributed by atoms with Crippen LogP contribution in [0.1, 0.15) is 46.0 Å². The van der Waals surface area contributed by atoms with Crippen LogP contribution in [-0.2, 0) is 24.3 Å². The first-order valence-corrected chi connectivity index (χ1v) is 15.1. The number of benzene rings is 1. The Morgan fingerprint density at radius 3 is 2.64 bits per heavy atom. The molecule has 0 radical (unpaired) electrons. The van der Waals surface area contributed by atoms with Gasteiger partial charge in [-0.25, -0.2) is 13.2 Å². The topological polar surface area (TPSA) is 85.4 Å². The van der Waals surface area contributed by atoms with Gasteiger partial charge in [-0.05, 0) is 44.4 Å². The summed E-state index contributed by atoms with van der Waals surface area (Å²) in [5, 5.41) is 0. The first-order chi connectivity index (χ1) is 17.2. The molecule has 0 aromatic heterocycles. The van der Waals surface area contributed by atoms with Gasteiger partial charge in [-0.15, -0.1) is 11.8 Å².